The Bertz CT molecular complexity index is 964. The van der Waals surface area contributed by atoms with Gasteiger partial charge in [-0.2, -0.15) is 0 Å². The van der Waals surface area contributed by atoms with Crippen molar-refractivity contribution >= 4 is 10.9 Å². The molecular weight excluding hydrogens is 430 g/mol. The molecule has 3 heteroatoms. The third-order valence-corrected chi connectivity index (χ3v) is 9.65. The van der Waals surface area contributed by atoms with Gasteiger partial charge in [0.15, 0.2) is 14.7 Å². The lowest BCUT2D eigenvalue weighted by atomic mass is 9.84. The summed E-state index contributed by atoms with van der Waals surface area (Å²) in [6, 6.07) is 21.7. The fraction of sp³-hybridized carbons (Fsp3) is 0.400. The first-order valence-electron chi connectivity index (χ1n) is 12.6. The molecule has 3 aromatic rings. The predicted molar refractivity (Wildman–Crippen MR) is 133 cm³/mol. The molecule has 0 atom stereocenters. The first-order chi connectivity index (χ1) is 16.2. The summed E-state index contributed by atoms with van der Waals surface area (Å²) in [6.07, 6.45) is 13.0. The van der Waals surface area contributed by atoms with Crippen molar-refractivity contribution in [3.63, 3.8) is 0 Å². The predicted octanol–water partition coefficient (Wildman–Crippen LogP) is 9.16. The quantitative estimate of drug-likeness (QED) is 0.331. The van der Waals surface area contributed by atoms with Gasteiger partial charge < -0.3 is 0 Å². The molecule has 0 spiro atoms. The molecule has 172 valence electrons. The van der Waals surface area contributed by atoms with E-state index in [0.29, 0.717) is 16.7 Å². The first-order valence-corrected chi connectivity index (χ1v) is 13.8. The molecule has 0 unspecified atom stereocenters. The summed E-state index contributed by atoms with van der Waals surface area (Å²) in [5, 5.41) is 0. The molecule has 2 aliphatic carbocycles. The Morgan fingerprint density at radius 2 is 0.879 bits per heavy atom. The minimum Gasteiger partial charge on any atom is -0.207 e. The monoisotopic (exact) mass is 463 g/mol. The number of hydrogen-bond donors (Lipinski definition) is 0. The molecule has 0 aromatic heterocycles. The van der Waals surface area contributed by atoms with Gasteiger partial charge in [-0.3, -0.25) is 0 Å². The van der Waals surface area contributed by atoms with Gasteiger partial charge in [0.1, 0.15) is 11.6 Å². The smallest absolute Gasteiger partial charge is 0.172 e. The van der Waals surface area contributed by atoms with E-state index in [2.05, 4.69) is 48.5 Å². The SMILES string of the molecule is Fc1cc(F)cc([S+](c2ccc(C3CCCCC3)cc2)c2ccc(C3CCCCC3)cc2)c1. The topological polar surface area (TPSA) is 0 Å². The van der Waals surface area contributed by atoms with Crippen LogP contribution >= 0.6 is 0 Å². The minimum absolute atomic E-state index is 0.514. The zero-order valence-electron chi connectivity index (χ0n) is 19.2. The van der Waals surface area contributed by atoms with Gasteiger partial charge in [0.2, 0.25) is 0 Å². The Balaban J connectivity index is 1.48. The Labute approximate surface area is 199 Å². The molecule has 2 aliphatic rings. The maximum atomic E-state index is 14.2. The van der Waals surface area contributed by atoms with Crippen molar-refractivity contribution in [2.45, 2.75) is 90.7 Å². The second-order valence-corrected chi connectivity index (χ2v) is 11.7. The van der Waals surface area contributed by atoms with Gasteiger partial charge in [-0.15, -0.1) is 0 Å². The van der Waals surface area contributed by atoms with Crippen molar-refractivity contribution < 1.29 is 8.78 Å². The molecule has 2 fully saturated rings. The maximum Gasteiger partial charge on any atom is 0.172 e. The van der Waals surface area contributed by atoms with Gasteiger partial charge in [0, 0.05) is 18.2 Å². The van der Waals surface area contributed by atoms with Gasteiger partial charge >= 0.3 is 0 Å². The Kier molecular flexibility index (Phi) is 7.16. The largest absolute Gasteiger partial charge is 0.207 e. The molecule has 33 heavy (non-hydrogen) atoms. The van der Waals surface area contributed by atoms with Crippen LogP contribution < -0.4 is 0 Å². The minimum atomic E-state index is -0.542. The fourth-order valence-electron chi connectivity index (χ4n) is 5.68. The number of rotatable bonds is 5. The lowest BCUT2D eigenvalue weighted by molar-refractivity contribution is 0.443. The molecule has 0 radical (unpaired) electrons. The van der Waals surface area contributed by atoms with Crippen LogP contribution in [0.5, 0.6) is 0 Å². The molecule has 2 saturated carbocycles. The molecule has 0 N–H and O–H groups in total. The average molecular weight is 464 g/mol. The molecular formula is C30H33F2S+. The second kappa shape index (κ2) is 10.4. The third kappa shape index (κ3) is 5.35. The van der Waals surface area contributed by atoms with Crippen LogP contribution in [0.25, 0.3) is 0 Å². The van der Waals surface area contributed by atoms with E-state index >= 15 is 0 Å². The summed E-state index contributed by atoms with van der Waals surface area (Å²) < 4.78 is 28.4. The van der Waals surface area contributed by atoms with E-state index in [9.17, 15) is 8.78 Å². The van der Waals surface area contributed by atoms with Crippen molar-refractivity contribution in [1.82, 2.24) is 0 Å². The van der Waals surface area contributed by atoms with Gasteiger partial charge in [0.25, 0.3) is 0 Å². The highest BCUT2D eigenvalue weighted by molar-refractivity contribution is 7.97. The summed E-state index contributed by atoms with van der Waals surface area (Å²) >= 11 is 0. The van der Waals surface area contributed by atoms with E-state index in [-0.39, 0.29) is 0 Å². The summed E-state index contributed by atoms with van der Waals surface area (Å²) in [6.45, 7) is 0. The normalized spacial score (nSPS) is 18.0. The third-order valence-electron chi connectivity index (χ3n) is 7.46. The zero-order chi connectivity index (χ0) is 22.6. The van der Waals surface area contributed by atoms with Crippen molar-refractivity contribution in [1.29, 1.82) is 0 Å². The van der Waals surface area contributed by atoms with Crippen LogP contribution in [0.1, 0.15) is 87.2 Å². The van der Waals surface area contributed by atoms with Crippen molar-refractivity contribution in [3.8, 4) is 0 Å². The van der Waals surface area contributed by atoms with Gasteiger partial charge in [0.05, 0.1) is 10.9 Å². The lowest BCUT2D eigenvalue weighted by Crippen LogP contribution is -2.09. The van der Waals surface area contributed by atoms with E-state index < -0.39 is 22.5 Å². The van der Waals surface area contributed by atoms with Gasteiger partial charge in [-0.1, -0.05) is 62.8 Å². The summed E-state index contributed by atoms with van der Waals surface area (Å²) in [5.74, 6) is 0.271. The van der Waals surface area contributed by atoms with E-state index in [1.165, 1.54) is 87.5 Å². The molecule has 3 aromatic carbocycles. The van der Waals surface area contributed by atoms with Crippen LogP contribution in [0.2, 0.25) is 0 Å². The van der Waals surface area contributed by atoms with Crippen LogP contribution in [-0.2, 0) is 10.9 Å². The molecule has 0 heterocycles. The van der Waals surface area contributed by atoms with Gasteiger partial charge in [-0.05, 0) is 72.9 Å². The van der Waals surface area contributed by atoms with E-state index in [0.717, 1.165) is 15.9 Å². The van der Waals surface area contributed by atoms with Crippen LogP contribution in [0.3, 0.4) is 0 Å². The summed E-state index contributed by atoms with van der Waals surface area (Å²) in [4.78, 5) is 2.93. The molecule has 0 saturated heterocycles. The number of benzene rings is 3. The second-order valence-electron chi connectivity index (χ2n) is 9.72. The fourth-order valence-corrected chi connectivity index (χ4v) is 7.77. The van der Waals surface area contributed by atoms with Crippen LogP contribution in [0, 0.1) is 11.6 Å². The first kappa shape index (κ1) is 22.7. The Morgan fingerprint density at radius 1 is 0.485 bits per heavy atom. The molecule has 5 rings (SSSR count). The number of hydrogen-bond acceptors (Lipinski definition) is 0. The molecule has 0 nitrogen and oxygen atoms in total. The lowest BCUT2D eigenvalue weighted by Gasteiger charge is -2.22. The molecule has 0 aliphatic heterocycles. The van der Waals surface area contributed by atoms with Crippen molar-refractivity contribution in [3.05, 3.63) is 89.5 Å². The molecule has 0 amide bonds. The van der Waals surface area contributed by atoms with Crippen LogP contribution in [0.15, 0.2) is 81.4 Å². The standard InChI is InChI=1S/C30H33F2S/c31-26-19-27(32)21-30(20-26)33(28-15-11-24(12-16-28)22-7-3-1-4-8-22)29-17-13-25(14-18-29)23-9-5-2-6-10-23/h11-23H,1-10H2/q+1. The summed E-state index contributed by atoms with van der Waals surface area (Å²) in [5.41, 5.74) is 2.81. The summed E-state index contributed by atoms with van der Waals surface area (Å²) in [7, 11) is -0.542. The van der Waals surface area contributed by atoms with Crippen LogP contribution in [-0.4, -0.2) is 0 Å². The highest BCUT2D eigenvalue weighted by Gasteiger charge is 2.31. The molecule has 0 bridgehead atoms. The van der Waals surface area contributed by atoms with E-state index in [4.69, 9.17) is 0 Å². The Morgan fingerprint density at radius 3 is 1.27 bits per heavy atom. The van der Waals surface area contributed by atoms with Gasteiger partial charge in [-0.25, -0.2) is 8.78 Å². The van der Waals surface area contributed by atoms with Crippen molar-refractivity contribution in [2.24, 2.45) is 0 Å². The maximum absolute atomic E-state index is 14.2. The number of halogens is 2. The zero-order valence-corrected chi connectivity index (χ0v) is 20.1. The van der Waals surface area contributed by atoms with Crippen molar-refractivity contribution in [2.75, 3.05) is 0 Å². The highest BCUT2D eigenvalue weighted by atomic mass is 32.2. The van der Waals surface area contributed by atoms with Crippen LogP contribution in [0.4, 0.5) is 8.78 Å². The highest BCUT2D eigenvalue weighted by Crippen LogP contribution is 2.38. The van der Waals surface area contributed by atoms with E-state index in [1.807, 2.05) is 0 Å². The van der Waals surface area contributed by atoms with E-state index in [1.54, 1.807) is 0 Å². The Hall–Kier alpha value is -2.13. The average Bonchev–Trinajstić information content (AvgIpc) is 2.86.